The molecule has 0 saturated heterocycles. The predicted octanol–water partition coefficient (Wildman–Crippen LogP) is 1.05. The summed E-state index contributed by atoms with van der Waals surface area (Å²) in [5.41, 5.74) is -1.08. The number of aromatic hydroxyl groups is 6. The number of ether oxygens (including phenoxy) is 2. The van der Waals surface area contributed by atoms with Crippen molar-refractivity contribution in [3.05, 3.63) is 35.4 Å². The molecule has 2 aromatic carbocycles. The van der Waals surface area contributed by atoms with Crippen molar-refractivity contribution >= 4 is 18.1 Å². The Kier molecular flexibility index (Phi) is 4.73. The van der Waals surface area contributed by atoms with Crippen LogP contribution in [-0.2, 0) is 9.47 Å². The first kappa shape index (κ1) is 18.2. The van der Waals surface area contributed by atoms with Crippen LogP contribution in [0.1, 0.15) is 20.7 Å². The molecule has 0 aliphatic rings. The van der Waals surface area contributed by atoms with Gasteiger partial charge in [0.05, 0.1) is 11.1 Å². The lowest BCUT2D eigenvalue weighted by Gasteiger charge is -2.07. The normalized spacial score (nSPS) is 10.2. The summed E-state index contributed by atoms with van der Waals surface area (Å²) in [6.45, 7) is 0. The quantitative estimate of drug-likeness (QED) is 0.253. The molecule has 11 heteroatoms. The van der Waals surface area contributed by atoms with E-state index in [-0.39, 0.29) is 0 Å². The van der Waals surface area contributed by atoms with E-state index >= 15 is 0 Å². The maximum Gasteiger partial charge on any atom is 0.524 e. The first-order valence-corrected chi connectivity index (χ1v) is 6.58. The van der Waals surface area contributed by atoms with Crippen LogP contribution in [0.3, 0.4) is 0 Å². The van der Waals surface area contributed by atoms with Gasteiger partial charge in [-0.1, -0.05) is 0 Å². The number of benzene rings is 2. The van der Waals surface area contributed by atoms with E-state index in [9.17, 15) is 34.8 Å². The Bertz CT molecular complexity index is 796. The molecule has 2 aromatic rings. The fraction of sp³-hybridized carbons (Fsp3) is 0. The molecular formula is C15H10O11. The molecule has 0 saturated carbocycles. The van der Waals surface area contributed by atoms with E-state index in [1.54, 1.807) is 0 Å². The average molecular weight is 366 g/mol. The second-order valence-corrected chi connectivity index (χ2v) is 4.76. The van der Waals surface area contributed by atoms with Crippen LogP contribution in [0.4, 0.5) is 4.79 Å². The molecule has 6 N–H and O–H groups in total. The van der Waals surface area contributed by atoms with Gasteiger partial charge in [0, 0.05) is 0 Å². The Labute approximate surface area is 143 Å². The highest BCUT2D eigenvalue weighted by atomic mass is 16.8. The lowest BCUT2D eigenvalue weighted by atomic mass is 10.2. The number of phenols is 6. The van der Waals surface area contributed by atoms with Crippen molar-refractivity contribution < 1.29 is 54.5 Å². The van der Waals surface area contributed by atoms with Crippen LogP contribution >= 0.6 is 0 Å². The molecule has 0 amide bonds. The van der Waals surface area contributed by atoms with Gasteiger partial charge in [-0.2, -0.15) is 0 Å². The third-order valence-corrected chi connectivity index (χ3v) is 2.96. The number of phenolic OH excluding ortho intramolecular Hbond substituents is 6. The summed E-state index contributed by atoms with van der Waals surface area (Å²) in [6.07, 6.45) is -1.79. The summed E-state index contributed by atoms with van der Waals surface area (Å²) in [6, 6.07) is 2.73. The minimum atomic E-state index is -1.79. The summed E-state index contributed by atoms with van der Waals surface area (Å²) in [7, 11) is 0. The van der Waals surface area contributed by atoms with Crippen molar-refractivity contribution in [1.82, 2.24) is 0 Å². The van der Waals surface area contributed by atoms with Gasteiger partial charge in [-0.3, -0.25) is 0 Å². The predicted molar refractivity (Wildman–Crippen MR) is 79.1 cm³/mol. The smallest absolute Gasteiger partial charge is 0.504 e. The Hall–Kier alpha value is -4.15. The topological polar surface area (TPSA) is 191 Å². The standard InChI is InChI=1S/C15H10O11/c16-7-1-5(2-8(17)11(7)20)13(22)25-15(24)26-14(23)6-3-9(18)12(21)10(19)4-6/h1-4,16-21H. The minimum Gasteiger partial charge on any atom is -0.504 e. The first-order valence-electron chi connectivity index (χ1n) is 6.58. The van der Waals surface area contributed by atoms with Crippen molar-refractivity contribution in [2.24, 2.45) is 0 Å². The second-order valence-electron chi connectivity index (χ2n) is 4.76. The zero-order valence-electron chi connectivity index (χ0n) is 12.5. The van der Waals surface area contributed by atoms with Crippen LogP contribution in [0.2, 0.25) is 0 Å². The maximum atomic E-state index is 11.7. The molecule has 11 nitrogen and oxygen atoms in total. The van der Waals surface area contributed by atoms with Gasteiger partial charge in [0.2, 0.25) is 0 Å². The van der Waals surface area contributed by atoms with Crippen LogP contribution in [0.25, 0.3) is 0 Å². The highest BCUT2D eigenvalue weighted by molar-refractivity contribution is 6.01. The highest BCUT2D eigenvalue weighted by Crippen LogP contribution is 2.36. The molecule has 26 heavy (non-hydrogen) atoms. The van der Waals surface area contributed by atoms with Gasteiger partial charge in [-0.25, -0.2) is 14.4 Å². The molecule has 0 heterocycles. The molecule has 0 aliphatic carbocycles. The Morgan fingerprint density at radius 3 is 1.12 bits per heavy atom. The molecule has 136 valence electrons. The van der Waals surface area contributed by atoms with E-state index in [0.29, 0.717) is 24.3 Å². The summed E-state index contributed by atoms with van der Waals surface area (Å²) in [5, 5.41) is 55.4. The molecular weight excluding hydrogens is 356 g/mol. The molecule has 0 aromatic heterocycles. The molecule has 0 bridgehead atoms. The van der Waals surface area contributed by atoms with Crippen molar-refractivity contribution in [3.63, 3.8) is 0 Å². The summed E-state index contributed by atoms with van der Waals surface area (Å²) < 4.78 is 8.33. The van der Waals surface area contributed by atoms with Gasteiger partial charge in [-0.15, -0.1) is 0 Å². The van der Waals surface area contributed by atoms with Gasteiger partial charge in [0.1, 0.15) is 0 Å². The zero-order valence-corrected chi connectivity index (χ0v) is 12.5. The number of hydrogen-bond donors (Lipinski definition) is 6. The second kappa shape index (κ2) is 6.76. The number of hydrogen-bond acceptors (Lipinski definition) is 11. The SMILES string of the molecule is O=C(OC(=O)c1cc(O)c(O)c(O)c1)OC(=O)c1cc(O)c(O)c(O)c1. The zero-order chi connectivity index (χ0) is 19.6. The van der Waals surface area contributed by atoms with Gasteiger partial charge < -0.3 is 40.1 Å². The van der Waals surface area contributed by atoms with E-state index in [1.807, 2.05) is 0 Å². The summed E-state index contributed by atoms with van der Waals surface area (Å²) in [4.78, 5) is 34.8. The van der Waals surface area contributed by atoms with E-state index < -0.39 is 63.7 Å². The molecule has 0 atom stereocenters. The largest absolute Gasteiger partial charge is 0.524 e. The van der Waals surface area contributed by atoms with E-state index in [1.165, 1.54) is 0 Å². The molecule has 0 aliphatic heterocycles. The van der Waals surface area contributed by atoms with Crippen LogP contribution in [0.15, 0.2) is 24.3 Å². The fourth-order valence-corrected chi connectivity index (χ4v) is 1.73. The van der Waals surface area contributed by atoms with Crippen LogP contribution < -0.4 is 0 Å². The summed E-state index contributed by atoms with van der Waals surface area (Å²) >= 11 is 0. The Balaban J connectivity index is 2.09. The monoisotopic (exact) mass is 366 g/mol. The Morgan fingerprint density at radius 2 is 0.846 bits per heavy atom. The van der Waals surface area contributed by atoms with E-state index in [0.717, 1.165) is 0 Å². The molecule has 0 unspecified atom stereocenters. The van der Waals surface area contributed by atoms with Crippen LogP contribution in [0.5, 0.6) is 34.5 Å². The fourth-order valence-electron chi connectivity index (χ4n) is 1.73. The number of carbonyl (C=O) groups excluding carboxylic acids is 3. The van der Waals surface area contributed by atoms with E-state index in [4.69, 9.17) is 10.2 Å². The van der Waals surface area contributed by atoms with Crippen LogP contribution in [0, 0.1) is 0 Å². The third-order valence-electron chi connectivity index (χ3n) is 2.96. The first-order chi connectivity index (χ1) is 12.1. The van der Waals surface area contributed by atoms with Gasteiger partial charge >= 0.3 is 18.1 Å². The number of carbonyl (C=O) groups is 3. The molecule has 0 spiro atoms. The summed E-state index contributed by atoms with van der Waals surface area (Å²) in [5.74, 6) is -8.10. The lowest BCUT2D eigenvalue weighted by Crippen LogP contribution is -2.18. The molecule has 0 radical (unpaired) electrons. The van der Waals surface area contributed by atoms with Gasteiger partial charge in [-0.05, 0) is 24.3 Å². The van der Waals surface area contributed by atoms with E-state index in [2.05, 4.69) is 9.47 Å². The van der Waals surface area contributed by atoms with Gasteiger partial charge in [0.25, 0.3) is 0 Å². The third kappa shape index (κ3) is 3.67. The van der Waals surface area contributed by atoms with Crippen LogP contribution in [-0.4, -0.2) is 48.7 Å². The van der Waals surface area contributed by atoms with Crippen molar-refractivity contribution in [3.8, 4) is 34.5 Å². The lowest BCUT2D eigenvalue weighted by molar-refractivity contribution is 0.0336. The Morgan fingerprint density at radius 1 is 0.577 bits per heavy atom. The highest BCUT2D eigenvalue weighted by Gasteiger charge is 2.22. The van der Waals surface area contributed by atoms with Crippen molar-refractivity contribution in [2.45, 2.75) is 0 Å². The molecule has 0 fully saturated rings. The van der Waals surface area contributed by atoms with Crippen molar-refractivity contribution in [1.29, 1.82) is 0 Å². The van der Waals surface area contributed by atoms with Crippen molar-refractivity contribution in [2.75, 3.05) is 0 Å². The maximum absolute atomic E-state index is 11.7. The molecule has 2 rings (SSSR count). The average Bonchev–Trinajstić information content (AvgIpc) is 2.56. The minimum absolute atomic E-state index is 0.540. The number of rotatable bonds is 2. The number of esters is 2. The van der Waals surface area contributed by atoms with Gasteiger partial charge in [0.15, 0.2) is 34.5 Å².